The molecule has 3 aromatic rings. The van der Waals surface area contributed by atoms with Crippen LogP contribution in [0.1, 0.15) is 36.8 Å². The SMILES string of the molecule is COc1ccc(CN(C)C)cc1NC(=O)[C@H](NC(=O)N1CCN(CC2CC2)CC1)[C@H](C)c1c[nH]c2ccccc12. The molecule has 1 aliphatic heterocycles. The van der Waals surface area contributed by atoms with Crippen molar-refractivity contribution in [1.29, 1.82) is 0 Å². The Morgan fingerprint density at radius 1 is 1.10 bits per heavy atom. The van der Waals surface area contributed by atoms with Crippen molar-refractivity contribution in [2.24, 2.45) is 5.92 Å². The number of fused-ring (bicyclic) bond motifs is 1. The average Bonchev–Trinajstić information content (AvgIpc) is 3.66. The van der Waals surface area contributed by atoms with Gasteiger partial charge in [-0.25, -0.2) is 4.79 Å². The third-order valence-corrected chi connectivity index (χ3v) is 8.07. The van der Waals surface area contributed by atoms with Crippen LogP contribution >= 0.6 is 0 Å². The third-order valence-electron chi connectivity index (χ3n) is 8.07. The highest BCUT2D eigenvalue weighted by molar-refractivity contribution is 5.99. The molecule has 2 atom stereocenters. The first-order chi connectivity index (χ1) is 19.3. The molecule has 0 radical (unpaired) electrons. The van der Waals surface area contributed by atoms with E-state index < -0.39 is 6.04 Å². The second-order valence-electron chi connectivity index (χ2n) is 11.5. The van der Waals surface area contributed by atoms with Gasteiger partial charge in [-0.3, -0.25) is 9.69 Å². The zero-order valence-corrected chi connectivity index (χ0v) is 24.1. The van der Waals surface area contributed by atoms with E-state index in [-0.39, 0.29) is 17.9 Å². The van der Waals surface area contributed by atoms with Gasteiger partial charge in [-0.1, -0.05) is 31.2 Å². The van der Waals surface area contributed by atoms with Crippen LogP contribution in [0.25, 0.3) is 10.9 Å². The van der Waals surface area contributed by atoms with Crippen molar-refractivity contribution >= 4 is 28.5 Å². The number of nitrogens with one attached hydrogen (secondary N) is 3. The maximum atomic E-state index is 14.0. The van der Waals surface area contributed by atoms with E-state index in [0.717, 1.165) is 54.1 Å². The molecule has 2 fully saturated rings. The van der Waals surface area contributed by atoms with Gasteiger partial charge >= 0.3 is 6.03 Å². The topological polar surface area (TPSA) is 92.9 Å². The van der Waals surface area contributed by atoms with Gasteiger partial charge in [0.25, 0.3) is 0 Å². The normalized spacial score (nSPS) is 17.6. The van der Waals surface area contributed by atoms with Gasteiger partial charge in [-0.05, 0) is 62.2 Å². The largest absolute Gasteiger partial charge is 0.495 e. The summed E-state index contributed by atoms with van der Waals surface area (Å²) in [5, 5.41) is 7.22. The smallest absolute Gasteiger partial charge is 0.318 e. The van der Waals surface area contributed by atoms with Gasteiger partial charge in [-0.15, -0.1) is 0 Å². The minimum atomic E-state index is -0.793. The maximum Gasteiger partial charge on any atom is 0.318 e. The van der Waals surface area contributed by atoms with Gasteiger partial charge in [0.2, 0.25) is 5.91 Å². The van der Waals surface area contributed by atoms with E-state index in [9.17, 15) is 9.59 Å². The number of ether oxygens (including phenoxy) is 1. The molecule has 2 heterocycles. The van der Waals surface area contributed by atoms with Crippen LogP contribution < -0.4 is 15.4 Å². The van der Waals surface area contributed by atoms with Crippen molar-refractivity contribution in [1.82, 2.24) is 25.0 Å². The molecule has 5 rings (SSSR count). The number of carbonyl (C=O) groups is 2. The molecule has 1 saturated heterocycles. The molecule has 9 nitrogen and oxygen atoms in total. The molecule has 0 spiro atoms. The van der Waals surface area contributed by atoms with E-state index in [1.165, 1.54) is 12.8 Å². The summed E-state index contributed by atoms with van der Waals surface area (Å²) in [6, 6.07) is 12.8. The Hall–Kier alpha value is -3.56. The fourth-order valence-corrected chi connectivity index (χ4v) is 5.62. The van der Waals surface area contributed by atoms with Crippen molar-refractivity contribution in [3.8, 4) is 5.75 Å². The first-order valence-electron chi connectivity index (χ1n) is 14.3. The first kappa shape index (κ1) is 28.0. The molecular formula is C31H42N6O3. The zero-order chi connectivity index (χ0) is 28.2. The predicted octanol–water partition coefficient (Wildman–Crippen LogP) is 4.09. The van der Waals surface area contributed by atoms with Crippen LogP contribution in [-0.4, -0.2) is 91.6 Å². The fraction of sp³-hybridized carbons (Fsp3) is 0.484. The van der Waals surface area contributed by atoms with E-state index in [0.29, 0.717) is 24.5 Å². The van der Waals surface area contributed by atoms with Gasteiger partial charge < -0.3 is 30.2 Å². The minimum Gasteiger partial charge on any atom is -0.495 e. The average molecular weight is 547 g/mol. The number of aromatic nitrogens is 1. The number of amides is 3. The highest BCUT2D eigenvalue weighted by atomic mass is 16.5. The second kappa shape index (κ2) is 12.3. The lowest BCUT2D eigenvalue weighted by molar-refractivity contribution is -0.118. The van der Waals surface area contributed by atoms with Crippen LogP contribution in [0.5, 0.6) is 5.75 Å². The Balaban J connectivity index is 1.36. The molecule has 1 aliphatic carbocycles. The highest BCUT2D eigenvalue weighted by Crippen LogP contribution is 2.31. The van der Waals surface area contributed by atoms with Crippen molar-refractivity contribution in [3.05, 3.63) is 59.8 Å². The van der Waals surface area contributed by atoms with Gasteiger partial charge in [0, 0.05) is 62.3 Å². The summed E-state index contributed by atoms with van der Waals surface area (Å²) < 4.78 is 5.56. The van der Waals surface area contributed by atoms with E-state index in [1.807, 2.05) is 74.6 Å². The number of hydrogen-bond donors (Lipinski definition) is 3. The molecular weight excluding hydrogens is 504 g/mol. The number of hydrogen-bond acceptors (Lipinski definition) is 5. The minimum absolute atomic E-state index is 0.203. The number of urea groups is 1. The number of methoxy groups -OCH3 is 1. The Morgan fingerprint density at radius 2 is 1.85 bits per heavy atom. The summed E-state index contributed by atoms with van der Waals surface area (Å²) >= 11 is 0. The molecule has 9 heteroatoms. The Labute approximate surface area is 236 Å². The summed E-state index contributed by atoms with van der Waals surface area (Å²) in [5.74, 6) is 0.845. The van der Waals surface area contributed by atoms with Crippen LogP contribution in [0.4, 0.5) is 10.5 Å². The molecule has 3 amide bonds. The number of benzene rings is 2. The monoisotopic (exact) mass is 546 g/mol. The molecule has 1 saturated carbocycles. The number of H-pyrrole nitrogens is 1. The summed E-state index contributed by atoms with van der Waals surface area (Å²) in [6.07, 6.45) is 4.59. The van der Waals surface area contributed by atoms with E-state index >= 15 is 0 Å². The lowest BCUT2D eigenvalue weighted by Gasteiger charge is -2.36. The van der Waals surface area contributed by atoms with Gasteiger partial charge in [0.05, 0.1) is 12.8 Å². The van der Waals surface area contributed by atoms with Crippen LogP contribution in [0.2, 0.25) is 0 Å². The van der Waals surface area contributed by atoms with Crippen molar-refractivity contribution < 1.29 is 14.3 Å². The number of nitrogens with zero attached hydrogens (tertiary/aromatic N) is 3. The van der Waals surface area contributed by atoms with Crippen molar-refractivity contribution in [2.45, 2.75) is 38.3 Å². The summed E-state index contributed by atoms with van der Waals surface area (Å²) in [4.78, 5) is 37.1. The van der Waals surface area contributed by atoms with Crippen molar-refractivity contribution in [2.75, 3.05) is 59.2 Å². The van der Waals surface area contributed by atoms with E-state index in [2.05, 4.69) is 25.4 Å². The molecule has 0 unspecified atom stereocenters. The quantitative estimate of drug-likeness (QED) is 0.356. The van der Waals surface area contributed by atoms with Crippen LogP contribution in [0.15, 0.2) is 48.7 Å². The number of anilines is 1. The summed E-state index contributed by atoms with van der Waals surface area (Å²) in [7, 11) is 5.60. The van der Waals surface area contributed by atoms with Gasteiger partial charge in [-0.2, -0.15) is 0 Å². The Kier molecular flexibility index (Phi) is 8.61. The Morgan fingerprint density at radius 3 is 2.55 bits per heavy atom. The molecule has 3 N–H and O–H groups in total. The molecule has 2 aliphatic rings. The summed E-state index contributed by atoms with van der Waals surface area (Å²) in [6.45, 7) is 6.92. The van der Waals surface area contributed by atoms with Gasteiger partial charge in [0.15, 0.2) is 0 Å². The lowest BCUT2D eigenvalue weighted by Crippen LogP contribution is -2.56. The fourth-order valence-electron chi connectivity index (χ4n) is 5.62. The summed E-state index contributed by atoms with van der Waals surface area (Å²) in [5.41, 5.74) is 3.62. The first-order valence-corrected chi connectivity index (χ1v) is 14.3. The Bertz CT molecular complexity index is 1330. The van der Waals surface area contributed by atoms with Crippen molar-refractivity contribution in [3.63, 3.8) is 0 Å². The molecule has 40 heavy (non-hydrogen) atoms. The molecule has 0 bridgehead atoms. The lowest BCUT2D eigenvalue weighted by atomic mass is 9.92. The molecule has 1 aromatic heterocycles. The predicted molar refractivity (Wildman–Crippen MR) is 159 cm³/mol. The maximum absolute atomic E-state index is 14.0. The van der Waals surface area contributed by atoms with E-state index in [1.54, 1.807) is 7.11 Å². The number of piperazine rings is 1. The number of rotatable bonds is 10. The number of aromatic amines is 1. The zero-order valence-electron chi connectivity index (χ0n) is 24.1. The van der Waals surface area contributed by atoms with Crippen LogP contribution in [0, 0.1) is 5.92 Å². The molecule has 214 valence electrons. The number of carbonyl (C=O) groups excluding carboxylic acids is 2. The highest BCUT2D eigenvalue weighted by Gasteiger charge is 2.33. The third kappa shape index (κ3) is 6.59. The van der Waals surface area contributed by atoms with E-state index in [4.69, 9.17) is 4.74 Å². The molecule has 2 aromatic carbocycles. The van der Waals surface area contributed by atoms with Gasteiger partial charge in [0.1, 0.15) is 11.8 Å². The standard InChI is InChI=1S/C31H42N6O3/c1-21(25-18-32-26-8-6-5-7-24(25)26)29(34-31(39)37-15-13-36(14-16-37)20-22-9-10-22)30(38)33-27-17-23(19-35(2)3)11-12-28(27)40-4/h5-8,11-12,17-18,21-22,29,32H,9-10,13-16,19-20H2,1-4H3,(H,33,38)(H,34,39)/t21-,29-/m1/s1. The second-order valence-corrected chi connectivity index (χ2v) is 11.5. The number of para-hydroxylation sites is 1. The van der Waals surface area contributed by atoms with Crippen LogP contribution in [0.3, 0.4) is 0 Å². The van der Waals surface area contributed by atoms with Crippen LogP contribution in [-0.2, 0) is 11.3 Å².